The van der Waals surface area contributed by atoms with Crippen LogP contribution >= 0.6 is 0 Å². The standard InChI is InChI=1S/C18H14FN3O2/c1-12(23)13-3-2-4-15(9-13)21-18(24)17-10-20-11-22(17)16-7-5-14(19)6-8-16/h2-11H,1H3,(H,21,24). The van der Waals surface area contributed by atoms with Crippen molar-refractivity contribution < 1.29 is 14.0 Å². The molecule has 5 nitrogen and oxygen atoms in total. The van der Waals surface area contributed by atoms with E-state index in [1.54, 1.807) is 41.0 Å². The topological polar surface area (TPSA) is 64.0 Å². The van der Waals surface area contributed by atoms with E-state index in [0.29, 0.717) is 22.6 Å². The van der Waals surface area contributed by atoms with E-state index in [9.17, 15) is 14.0 Å². The molecule has 0 atom stereocenters. The van der Waals surface area contributed by atoms with Gasteiger partial charge in [-0.05, 0) is 43.3 Å². The summed E-state index contributed by atoms with van der Waals surface area (Å²) in [6.45, 7) is 1.46. The maximum atomic E-state index is 13.0. The summed E-state index contributed by atoms with van der Waals surface area (Å²) in [4.78, 5) is 27.9. The average Bonchev–Trinajstić information content (AvgIpc) is 3.05. The van der Waals surface area contributed by atoms with E-state index in [-0.39, 0.29) is 17.5 Å². The fourth-order valence-electron chi connectivity index (χ4n) is 2.28. The number of imidazole rings is 1. The second kappa shape index (κ2) is 6.45. The van der Waals surface area contributed by atoms with Crippen LogP contribution in [0.25, 0.3) is 5.69 Å². The van der Waals surface area contributed by atoms with Crippen molar-refractivity contribution >= 4 is 17.4 Å². The molecule has 0 aliphatic carbocycles. The van der Waals surface area contributed by atoms with Crippen LogP contribution in [0.4, 0.5) is 10.1 Å². The first-order valence-corrected chi connectivity index (χ1v) is 7.25. The fraction of sp³-hybridized carbons (Fsp3) is 0.0556. The van der Waals surface area contributed by atoms with E-state index in [1.807, 2.05) is 0 Å². The molecule has 0 unspecified atom stereocenters. The van der Waals surface area contributed by atoms with Gasteiger partial charge in [-0.1, -0.05) is 12.1 Å². The molecule has 6 heteroatoms. The molecule has 0 bridgehead atoms. The predicted molar refractivity (Wildman–Crippen MR) is 87.9 cm³/mol. The number of hydrogen-bond acceptors (Lipinski definition) is 3. The number of benzene rings is 2. The van der Waals surface area contributed by atoms with Crippen LogP contribution in [0.1, 0.15) is 27.8 Å². The normalized spacial score (nSPS) is 10.4. The van der Waals surface area contributed by atoms with Gasteiger partial charge in [0, 0.05) is 16.9 Å². The zero-order chi connectivity index (χ0) is 17.1. The Morgan fingerprint density at radius 1 is 1.12 bits per heavy atom. The summed E-state index contributed by atoms with van der Waals surface area (Å²) in [7, 11) is 0. The van der Waals surface area contributed by atoms with Gasteiger partial charge in [0.2, 0.25) is 0 Å². The maximum absolute atomic E-state index is 13.0. The lowest BCUT2D eigenvalue weighted by Crippen LogP contribution is -2.16. The molecule has 0 aliphatic heterocycles. The Morgan fingerprint density at radius 2 is 1.88 bits per heavy atom. The van der Waals surface area contributed by atoms with E-state index >= 15 is 0 Å². The molecule has 120 valence electrons. The summed E-state index contributed by atoms with van der Waals surface area (Å²) < 4.78 is 14.6. The lowest BCUT2D eigenvalue weighted by Gasteiger charge is -2.09. The van der Waals surface area contributed by atoms with Crippen molar-refractivity contribution in [3.05, 3.63) is 78.1 Å². The number of anilines is 1. The summed E-state index contributed by atoms with van der Waals surface area (Å²) in [6.07, 6.45) is 2.90. The molecule has 1 aromatic heterocycles. The van der Waals surface area contributed by atoms with Crippen molar-refractivity contribution in [2.75, 3.05) is 5.32 Å². The number of amides is 1. The highest BCUT2D eigenvalue weighted by molar-refractivity contribution is 6.04. The van der Waals surface area contributed by atoms with Crippen LogP contribution in [0, 0.1) is 5.82 Å². The first kappa shape index (κ1) is 15.6. The van der Waals surface area contributed by atoms with Crippen LogP contribution in [-0.4, -0.2) is 21.2 Å². The van der Waals surface area contributed by atoms with E-state index in [2.05, 4.69) is 10.3 Å². The van der Waals surface area contributed by atoms with Gasteiger partial charge in [0.15, 0.2) is 5.78 Å². The zero-order valence-corrected chi connectivity index (χ0v) is 12.9. The Labute approximate surface area is 137 Å². The van der Waals surface area contributed by atoms with Crippen LogP contribution < -0.4 is 5.32 Å². The lowest BCUT2D eigenvalue weighted by molar-refractivity contribution is 0.100. The summed E-state index contributed by atoms with van der Waals surface area (Å²) in [5.41, 5.74) is 1.95. The number of ketones is 1. The van der Waals surface area contributed by atoms with Gasteiger partial charge in [0.05, 0.1) is 12.5 Å². The van der Waals surface area contributed by atoms with Gasteiger partial charge in [-0.3, -0.25) is 14.2 Å². The molecule has 0 saturated carbocycles. The minimum absolute atomic E-state index is 0.0811. The van der Waals surface area contributed by atoms with Crippen molar-refractivity contribution in [1.29, 1.82) is 0 Å². The number of aromatic nitrogens is 2. The van der Waals surface area contributed by atoms with Crippen molar-refractivity contribution in [2.45, 2.75) is 6.92 Å². The number of hydrogen-bond donors (Lipinski definition) is 1. The quantitative estimate of drug-likeness (QED) is 0.748. The molecule has 1 heterocycles. The van der Waals surface area contributed by atoms with Crippen LogP contribution in [0.3, 0.4) is 0 Å². The van der Waals surface area contributed by atoms with Crippen molar-refractivity contribution in [3.8, 4) is 5.69 Å². The summed E-state index contributed by atoms with van der Waals surface area (Å²) in [5.74, 6) is -0.814. The van der Waals surface area contributed by atoms with E-state index in [1.165, 1.54) is 31.6 Å². The van der Waals surface area contributed by atoms with E-state index in [0.717, 1.165) is 0 Å². The molecule has 1 amide bonds. The molecule has 3 rings (SSSR count). The van der Waals surface area contributed by atoms with E-state index < -0.39 is 0 Å². The molecular weight excluding hydrogens is 309 g/mol. The highest BCUT2D eigenvalue weighted by atomic mass is 19.1. The van der Waals surface area contributed by atoms with Crippen molar-refractivity contribution in [3.63, 3.8) is 0 Å². The number of carbonyl (C=O) groups excluding carboxylic acids is 2. The molecule has 2 aromatic carbocycles. The Morgan fingerprint density at radius 3 is 2.58 bits per heavy atom. The molecule has 0 saturated heterocycles. The lowest BCUT2D eigenvalue weighted by atomic mass is 10.1. The Kier molecular flexibility index (Phi) is 4.20. The van der Waals surface area contributed by atoms with Crippen molar-refractivity contribution in [2.24, 2.45) is 0 Å². The molecular formula is C18H14FN3O2. The third kappa shape index (κ3) is 3.22. The Bertz CT molecular complexity index is 901. The number of rotatable bonds is 4. The second-order valence-electron chi connectivity index (χ2n) is 5.22. The van der Waals surface area contributed by atoms with Gasteiger partial charge >= 0.3 is 0 Å². The van der Waals surface area contributed by atoms with Crippen LogP contribution in [-0.2, 0) is 0 Å². The molecule has 3 aromatic rings. The first-order valence-electron chi connectivity index (χ1n) is 7.25. The largest absolute Gasteiger partial charge is 0.321 e. The Hall–Kier alpha value is -3.28. The van der Waals surface area contributed by atoms with Gasteiger partial charge in [0.1, 0.15) is 11.5 Å². The van der Waals surface area contributed by atoms with Crippen LogP contribution in [0.2, 0.25) is 0 Å². The summed E-state index contributed by atoms with van der Waals surface area (Å²) in [6, 6.07) is 12.4. The molecule has 0 spiro atoms. The fourth-order valence-corrected chi connectivity index (χ4v) is 2.28. The number of carbonyl (C=O) groups is 2. The number of nitrogens with one attached hydrogen (secondary N) is 1. The minimum Gasteiger partial charge on any atom is -0.321 e. The summed E-state index contributed by atoms with van der Waals surface area (Å²) >= 11 is 0. The van der Waals surface area contributed by atoms with Gasteiger partial charge in [-0.25, -0.2) is 9.37 Å². The maximum Gasteiger partial charge on any atom is 0.274 e. The third-order valence-electron chi connectivity index (χ3n) is 3.50. The molecule has 0 radical (unpaired) electrons. The highest BCUT2D eigenvalue weighted by Gasteiger charge is 2.14. The minimum atomic E-state index is -0.377. The van der Waals surface area contributed by atoms with Crippen LogP contribution in [0.5, 0.6) is 0 Å². The van der Waals surface area contributed by atoms with Gasteiger partial charge in [-0.15, -0.1) is 0 Å². The average molecular weight is 323 g/mol. The predicted octanol–water partition coefficient (Wildman–Crippen LogP) is 3.47. The zero-order valence-electron chi connectivity index (χ0n) is 12.9. The third-order valence-corrected chi connectivity index (χ3v) is 3.50. The Balaban J connectivity index is 1.86. The summed E-state index contributed by atoms with van der Waals surface area (Å²) in [5, 5.41) is 2.74. The van der Waals surface area contributed by atoms with Gasteiger partial charge < -0.3 is 5.32 Å². The van der Waals surface area contributed by atoms with Gasteiger partial charge in [0.25, 0.3) is 5.91 Å². The highest BCUT2D eigenvalue weighted by Crippen LogP contribution is 2.16. The van der Waals surface area contributed by atoms with Crippen LogP contribution in [0.15, 0.2) is 61.1 Å². The van der Waals surface area contributed by atoms with E-state index in [4.69, 9.17) is 0 Å². The monoisotopic (exact) mass is 323 g/mol. The first-order chi connectivity index (χ1) is 11.5. The molecule has 24 heavy (non-hydrogen) atoms. The van der Waals surface area contributed by atoms with Gasteiger partial charge in [-0.2, -0.15) is 0 Å². The SMILES string of the molecule is CC(=O)c1cccc(NC(=O)c2cncn2-c2ccc(F)cc2)c1. The van der Waals surface area contributed by atoms with Crippen molar-refractivity contribution in [1.82, 2.24) is 9.55 Å². The molecule has 1 N–H and O–H groups in total. The number of Topliss-reactive ketones (excluding diaryl/α,β-unsaturated/α-hetero) is 1. The number of nitrogens with zero attached hydrogens (tertiary/aromatic N) is 2. The smallest absolute Gasteiger partial charge is 0.274 e. The molecule has 0 fully saturated rings. The second-order valence-corrected chi connectivity index (χ2v) is 5.22. The number of halogens is 1. The molecule has 0 aliphatic rings.